The van der Waals surface area contributed by atoms with Crippen molar-refractivity contribution in [2.24, 2.45) is 17.6 Å². The summed E-state index contributed by atoms with van der Waals surface area (Å²) in [6.45, 7) is 5.12. The maximum atomic E-state index is 5.82. The molecule has 2 atom stereocenters. The second-order valence-electron chi connectivity index (χ2n) is 4.75. The molecule has 1 heterocycles. The maximum absolute atomic E-state index is 5.82. The molecule has 0 bridgehead atoms. The van der Waals surface area contributed by atoms with Crippen molar-refractivity contribution in [3.05, 3.63) is 29.8 Å². The van der Waals surface area contributed by atoms with Crippen LogP contribution in [0.5, 0.6) is 5.75 Å². The Morgan fingerprint density at radius 2 is 2.41 bits per heavy atom. The molecule has 2 unspecified atom stereocenters. The topological polar surface area (TPSA) is 44.5 Å². The molecule has 2 rings (SSSR count). The number of nitrogens with two attached hydrogens (primary N) is 1. The van der Waals surface area contributed by atoms with Crippen molar-refractivity contribution in [2.75, 3.05) is 26.4 Å². The third-order valence-corrected chi connectivity index (χ3v) is 3.39. The summed E-state index contributed by atoms with van der Waals surface area (Å²) in [5.74, 6) is 1.89. The first kappa shape index (κ1) is 12.4. The van der Waals surface area contributed by atoms with Crippen LogP contribution in [0.25, 0.3) is 0 Å². The Kier molecular flexibility index (Phi) is 4.40. The summed E-state index contributed by atoms with van der Waals surface area (Å²) < 4.78 is 11.2. The molecule has 0 radical (unpaired) electrons. The zero-order valence-corrected chi connectivity index (χ0v) is 10.4. The van der Waals surface area contributed by atoms with Crippen molar-refractivity contribution in [1.29, 1.82) is 0 Å². The van der Waals surface area contributed by atoms with Gasteiger partial charge in [-0.15, -0.1) is 0 Å². The molecule has 1 aromatic carbocycles. The number of benzene rings is 1. The van der Waals surface area contributed by atoms with Gasteiger partial charge in [-0.1, -0.05) is 12.1 Å². The minimum absolute atomic E-state index is 0.401. The quantitative estimate of drug-likeness (QED) is 0.848. The molecule has 1 fully saturated rings. The second-order valence-corrected chi connectivity index (χ2v) is 4.75. The fourth-order valence-corrected chi connectivity index (χ4v) is 2.23. The summed E-state index contributed by atoms with van der Waals surface area (Å²) in [5.41, 5.74) is 7.03. The highest BCUT2D eigenvalue weighted by Crippen LogP contribution is 2.23. The third kappa shape index (κ3) is 3.45. The zero-order valence-electron chi connectivity index (χ0n) is 10.4. The lowest BCUT2D eigenvalue weighted by molar-refractivity contribution is 0.150. The van der Waals surface area contributed by atoms with Crippen molar-refractivity contribution in [2.45, 2.75) is 13.3 Å². The summed E-state index contributed by atoms with van der Waals surface area (Å²) >= 11 is 0. The van der Waals surface area contributed by atoms with Crippen molar-refractivity contribution >= 4 is 0 Å². The lowest BCUT2D eigenvalue weighted by Gasteiger charge is -2.21. The lowest BCUT2D eigenvalue weighted by atomic mass is 9.92. The van der Waals surface area contributed by atoms with E-state index >= 15 is 0 Å². The highest BCUT2D eigenvalue weighted by Gasteiger charge is 2.25. The fourth-order valence-electron chi connectivity index (χ4n) is 2.23. The summed E-state index contributed by atoms with van der Waals surface area (Å²) in [7, 11) is 0. The van der Waals surface area contributed by atoms with Gasteiger partial charge in [0.2, 0.25) is 0 Å². The molecular formula is C14H21NO2. The van der Waals surface area contributed by atoms with Gasteiger partial charge in [0.05, 0.1) is 6.61 Å². The van der Waals surface area contributed by atoms with E-state index in [-0.39, 0.29) is 0 Å². The van der Waals surface area contributed by atoms with E-state index in [1.165, 1.54) is 5.56 Å². The molecule has 1 saturated heterocycles. The molecular weight excluding hydrogens is 214 g/mol. The van der Waals surface area contributed by atoms with Gasteiger partial charge in [-0.05, 0) is 43.5 Å². The monoisotopic (exact) mass is 235 g/mol. The Hall–Kier alpha value is -1.06. The van der Waals surface area contributed by atoms with Crippen LogP contribution in [0, 0.1) is 18.8 Å². The van der Waals surface area contributed by atoms with E-state index in [2.05, 4.69) is 19.1 Å². The lowest BCUT2D eigenvalue weighted by Crippen LogP contribution is -2.29. The molecule has 0 aromatic heterocycles. The van der Waals surface area contributed by atoms with Crippen LogP contribution < -0.4 is 10.5 Å². The van der Waals surface area contributed by atoms with Gasteiger partial charge in [-0.3, -0.25) is 0 Å². The normalized spacial score (nSPS) is 21.4. The van der Waals surface area contributed by atoms with Gasteiger partial charge in [0.1, 0.15) is 5.75 Å². The smallest absolute Gasteiger partial charge is 0.119 e. The predicted octanol–water partition coefficient (Wildman–Crippen LogP) is 1.99. The third-order valence-electron chi connectivity index (χ3n) is 3.39. The number of aryl methyl sites for hydroxylation is 1. The first-order valence-corrected chi connectivity index (χ1v) is 6.27. The highest BCUT2D eigenvalue weighted by molar-refractivity contribution is 5.27. The molecule has 0 amide bonds. The Bertz CT molecular complexity index is 348. The van der Waals surface area contributed by atoms with Crippen LogP contribution in [0.15, 0.2) is 24.3 Å². The van der Waals surface area contributed by atoms with Gasteiger partial charge in [-0.2, -0.15) is 0 Å². The molecule has 3 nitrogen and oxygen atoms in total. The van der Waals surface area contributed by atoms with Crippen molar-refractivity contribution in [3.8, 4) is 5.75 Å². The number of hydrogen-bond donors (Lipinski definition) is 1. The van der Waals surface area contributed by atoms with Crippen LogP contribution in [0.1, 0.15) is 12.0 Å². The van der Waals surface area contributed by atoms with Crippen molar-refractivity contribution < 1.29 is 9.47 Å². The summed E-state index contributed by atoms with van der Waals surface area (Å²) in [4.78, 5) is 0. The van der Waals surface area contributed by atoms with E-state index in [4.69, 9.17) is 15.2 Å². The largest absolute Gasteiger partial charge is 0.493 e. The van der Waals surface area contributed by atoms with Crippen molar-refractivity contribution in [3.63, 3.8) is 0 Å². The van der Waals surface area contributed by atoms with Crippen LogP contribution >= 0.6 is 0 Å². The number of ether oxygens (including phenoxy) is 2. The van der Waals surface area contributed by atoms with Crippen LogP contribution in [-0.2, 0) is 4.74 Å². The predicted molar refractivity (Wildman–Crippen MR) is 68.1 cm³/mol. The summed E-state index contributed by atoms with van der Waals surface area (Å²) in [6, 6.07) is 8.13. The SMILES string of the molecule is Cc1cccc(OCC(CN)C2CCOC2)c1. The Morgan fingerprint density at radius 3 is 3.06 bits per heavy atom. The van der Waals surface area contributed by atoms with Crippen LogP contribution in [0.3, 0.4) is 0 Å². The minimum atomic E-state index is 0.401. The van der Waals surface area contributed by atoms with E-state index < -0.39 is 0 Å². The van der Waals surface area contributed by atoms with Crippen LogP contribution in [-0.4, -0.2) is 26.4 Å². The number of rotatable bonds is 5. The molecule has 1 aliphatic rings. The van der Waals surface area contributed by atoms with Gasteiger partial charge in [-0.25, -0.2) is 0 Å². The molecule has 0 aliphatic carbocycles. The van der Waals surface area contributed by atoms with E-state index in [0.29, 0.717) is 25.0 Å². The molecule has 0 saturated carbocycles. The second kappa shape index (κ2) is 6.03. The molecule has 0 spiro atoms. The van der Waals surface area contributed by atoms with Crippen LogP contribution in [0.2, 0.25) is 0 Å². The molecule has 3 heteroatoms. The molecule has 2 N–H and O–H groups in total. The average molecular weight is 235 g/mol. The van der Waals surface area contributed by atoms with E-state index in [9.17, 15) is 0 Å². The number of hydrogen-bond acceptors (Lipinski definition) is 3. The average Bonchev–Trinajstić information content (AvgIpc) is 2.84. The molecule has 1 aromatic rings. The molecule has 1 aliphatic heterocycles. The minimum Gasteiger partial charge on any atom is -0.493 e. The van der Waals surface area contributed by atoms with E-state index in [0.717, 1.165) is 25.4 Å². The Balaban J connectivity index is 1.87. The van der Waals surface area contributed by atoms with Gasteiger partial charge < -0.3 is 15.2 Å². The first-order chi connectivity index (χ1) is 8.29. The van der Waals surface area contributed by atoms with E-state index in [1.54, 1.807) is 0 Å². The standard InChI is InChI=1S/C14H21NO2/c1-11-3-2-4-14(7-11)17-10-13(8-15)12-5-6-16-9-12/h2-4,7,12-13H,5-6,8-10,15H2,1H3. The van der Waals surface area contributed by atoms with Crippen LogP contribution in [0.4, 0.5) is 0 Å². The Labute approximate surface area is 103 Å². The summed E-state index contributed by atoms with van der Waals surface area (Å²) in [6.07, 6.45) is 1.11. The fraction of sp³-hybridized carbons (Fsp3) is 0.571. The maximum Gasteiger partial charge on any atom is 0.119 e. The summed E-state index contributed by atoms with van der Waals surface area (Å²) in [5, 5.41) is 0. The van der Waals surface area contributed by atoms with Gasteiger partial charge in [0.25, 0.3) is 0 Å². The molecule has 94 valence electrons. The van der Waals surface area contributed by atoms with E-state index in [1.807, 2.05) is 12.1 Å². The first-order valence-electron chi connectivity index (χ1n) is 6.27. The van der Waals surface area contributed by atoms with Gasteiger partial charge in [0.15, 0.2) is 0 Å². The zero-order chi connectivity index (χ0) is 12.1. The van der Waals surface area contributed by atoms with Crippen molar-refractivity contribution in [1.82, 2.24) is 0 Å². The van der Waals surface area contributed by atoms with Gasteiger partial charge in [0, 0.05) is 19.1 Å². The highest BCUT2D eigenvalue weighted by atomic mass is 16.5. The molecule has 17 heavy (non-hydrogen) atoms. The van der Waals surface area contributed by atoms with Gasteiger partial charge >= 0.3 is 0 Å². The Morgan fingerprint density at radius 1 is 1.53 bits per heavy atom.